The molecular formula is C11H13ClF3N. The Morgan fingerprint density at radius 1 is 1.25 bits per heavy atom. The maximum absolute atomic E-state index is 12.4. The van der Waals surface area contributed by atoms with Crippen LogP contribution in [0.3, 0.4) is 0 Å². The van der Waals surface area contributed by atoms with Gasteiger partial charge >= 0.3 is 6.18 Å². The average molecular weight is 252 g/mol. The highest BCUT2D eigenvalue weighted by molar-refractivity contribution is 5.85. The van der Waals surface area contributed by atoms with Crippen molar-refractivity contribution in [1.29, 1.82) is 0 Å². The molecule has 90 valence electrons. The summed E-state index contributed by atoms with van der Waals surface area (Å²) in [5.41, 5.74) is 6.82. The Hall–Kier alpha value is -0.740. The highest BCUT2D eigenvalue weighted by Gasteiger charge is 2.31. The monoisotopic (exact) mass is 251 g/mol. The van der Waals surface area contributed by atoms with Gasteiger partial charge in [-0.3, -0.25) is 0 Å². The average Bonchev–Trinajstić information content (AvgIpc) is 2.16. The van der Waals surface area contributed by atoms with E-state index in [9.17, 15) is 13.2 Å². The first kappa shape index (κ1) is 13.3. The largest absolute Gasteiger partial charge is 0.416 e. The van der Waals surface area contributed by atoms with Gasteiger partial charge in [-0.15, -0.1) is 12.4 Å². The van der Waals surface area contributed by atoms with Crippen LogP contribution in [0.1, 0.15) is 35.6 Å². The zero-order valence-corrected chi connectivity index (χ0v) is 9.37. The molecule has 1 aliphatic rings. The second kappa shape index (κ2) is 4.63. The van der Waals surface area contributed by atoms with Crippen molar-refractivity contribution in [3.63, 3.8) is 0 Å². The van der Waals surface area contributed by atoms with Crippen LogP contribution in [-0.4, -0.2) is 0 Å². The molecular weight excluding hydrogens is 239 g/mol. The van der Waals surface area contributed by atoms with Gasteiger partial charge in [-0.05, 0) is 42.5 Å². The molecule has 0 bridgehead atoms. The topological polar surface area (TPSA) is 26.0 Å². The van der Waals surface area contributed by atoms with Gasteiger partial charge in [0.2, 0.25) is 0 Å². The third-order valence-electron chi connectivity index (χ3n) is 2.83. The third kappa shape index (κ3) is 2.50. The summed E-state index contributed by atoms with van der Waals surface area (Å²) in [5, 5.41) is 0. The number of hydrogen-bond acceptors (Lipinski definition) is 1. The molecule has 5 heteroatoms. The van der Waals surface area contributed by atoms with Gasteiger partial charge < -0.3 is 5.73 Å². The molecule has 1 aliphatic carbocycles. The fourth-order valence-corrected chi connectivity index (χ4v) is 2.01. The van der Waals surface area contributed by atoms with Crippen molar-refractivity contribution >= 4 is 12.4 Å². The summed E-state index contributed by atoms with van der Waals surface area (Å²) in [6.07, 6.45) is -1.71. The van der Waals surface area contributed by atoms with E-state index in [0.717, 1.165) is 30.9 Å². The molecule has 16 heavy (non-hydrogen) atoms. The van der Waals surface area contributed by atoms with Gasteiger partial charge in [0.25, 0.3) is 0 Å². The fraction of sp³-hybridized carbons (Fsp3) is 0.455. The highest BCUT2D eigenvalue weighted by Crippen LogP contribution is 2.34. The normalized spacial score (nSPS) is 19.9. The summed E-state index contributed by atoms with van der Waals surface area (Å²) in [7, 11) is 0. The van der Waals surface area contributed by atoms with E-state index in [4.69, 9.17) is 5.73 Å². The second-order valence-corrected chi connectivity index (χ2v) is 3.91. The Kier molecular flexibility index (Phi) is 3.86. The van der Waals surface area contributed by atoms with Gasteiger partial charge in [-0.25, -0.2) is 0 Å². The van der Waals surface area contributed by atoms with Crippen LogP contribution >= 0.6 is 12.4 Å². The molecule has 0 aromatic heterocycles. The first-order chi connectivity index (χ1) is 6.98. The number of aryl methyl sites for hydroxylation is 1. The van der Waals surface area contributed by atoms with Crippen LogP contribution in [0, 0.1) is 0 Å². The molecule has 2 N–H and O–H groups in total. The molecule has 0 radical (unpaired) electrons. The lowest BCUT2D eigenvalue weighted by atomic mass is 9.87. The Bertz CT molecular complexity index is 376. The molecule has 0 saturated carbocycles. The molecule has 0 fully saturated rings. The molecule has 0 spiro atoms. The van der Waals surface area contributed by atoms with E-state index in [1.54, 1.807) is 6.07 Å². The Morgan fingerprint density at radius 3 is 2.56 bits per heavy atom. The first-order valence-electron chi connectivity index (χ1n) is 4.94. The van der Waals surface area contributed by atoms with E-state index in [1.807, 2.05) is 0 Å². The van der Waals surface area contributed by atoms with Crippen LogP contribution < -0.4 is 5.73 Å². The van der Waals surface area contributed by atoms with E-state index >= 15 is 0 Å². The van der Waals surface area contributed by atoms with Crippen molar-refractivity contribution in [3.8, 4) is 0 Å². The van der Waals surface area contributed by atoms with Crippen LogP contribution in [0.15, 0.2) is 18.2 Å². The lowest BCUT2D eigenvalue weighted by Crippen LogP contribution is -2.18. The van der Waals surface area contributed by atoms with E-state index in [-0.39, 0.29) is 18.4 Å². The summed E-state index contributed by atoms with van der Waals surface area (Å²) in [4.78, 5) is 0. The fourth-order valence-electron chi connectivity index (χ4n) is 2.01. The Balaban J connectivity index is 0.00000128. The Labute approximate surface area is 98.2 Å². The predicted octanol–water partition coefficient (Wildman–Crippen LogP) is 3.46. The number of halogens is 4. The minimum atomic E-state index is -4.27. The number of nitrogens with two attached hydrogens (primary N) is 1. The van der Waals surface area contributed by atoms with Gasteiger partial charge in [0.1, 0.15) is 0 Å². The second-order valence-electron chi connectivity index (χ2n) is 3.91. The number of hydrogen-bond donors (Lipinski definition) is 1. The molecule has 0 saturated heterocycles. The van der Waals surface area contributed by atoms with Gasteiger partial charge in [-0.1, -0.05) is 6.07 Å². The van der Waals surface area contributed by atoms with Crippen molar-refractivity contribution in [2.75, 3.05) is 0 Å². The molecule has 1 aromatic rings. The maximum Gasteiger partial charge on any atom is 0.416 e. The Morgan fingerprint density at radius 2 is 1.94 bits per heavy atom. The summed E-state index contributed by atoms with van der Waals surface area (Å²) in [6.45, 7) is 0. The van der Waals surface area contributed by atoms with Crippen LogP contribution in [-0.2, 0) is 12.6 Å². The minimum Gasteiger partial charge on any atom is -0.324 e. The van der Waals surface area contributed by atoms with Crippen LogP contribution in [0.4, 0.5) is 13.2 Å². The standard InChI is InChI=1S/C11H12F3N.ClH/c12-11(13,14)8-5-4-7-2-1-3-10(15)9(7)6-8;/h4-6,10H,1-3,15H2;1H/t10-;/m0./s1. The summed E-state index contributed by atoms with van der Waals surface area (Å²) < 4.78 is 37.3. The summed E-state index contributed by atoms with van der Waals surface area (Å²) in [5.74, 6) is 0. The van der Waals surface area contributed by atoms with E-state index in [1.165, 1.54) is 6.07 Å². The van der Waals surface area contributed by atoms with E-state index < -0.39 is 11.7 Å². The third-order valence-corrected chi connectivity index (χ3v) is 2.83. The van der Waals surface area contributed by atoms with Gasteiger partial charge in [-0.2, -0.15) is 13.2 Å². The molecule has 0 aliphatic heterocycles. The summed E-state index contributed by atoms with van der Waals surface area (Å²) >= 11 is 0. The van der Waals surface area contributed by atoms with Gasteiger partial charge in [0.05, 0.1) is 5.56 Å². The van der Waals surface area contributed by atoms with Crippen LogP contribution in [0.5, 0.6) is 0 Å². The van der Waals surface area contributed by atoms with Crippen molar-refractivity contribution in [2.24, 2.45) is 5.73 Å². The summed E-state index contributed by atoms with van der Waals surface area (Å²) in [6, 6.07) is 3.64. The van der Waals surface area contributed by atoms with Crippen molar-refractivity contribution < 1.29 is 13.2 Å². The van der Waals surface area contributed by atoms with Crippen molar-refractivity contribution in [2.45, 2.75) is 31.5 Å². The maximum atomic E-state index is 12.4. The molecule has 1 nitrogen and oxygen atoms in total. The quantitative estimate of drug-likeness (QED) is 0.751. The van der Waals surface area contributed by atoms with Crippen LogP contribution in [0.2, 0.25) is 0 Å². The number of fused-ring (bicyclic) bond motifs is 1. The first-order valence-corrected chi connectivity index (χ1v) is 4.94. The van der Waals surface area contributed by atoms with Crippen molar-refractivity contribution in [3.05, 3.63) is 34.9 Å². The van der Waals surface area contributed by atoms with Crippen LogP contribution in [0.25, 0.3) is 0 Å². The van der Waals surface area contributed by atoms with E-state index in [0.29, 0.717) is 5.56 Å². The zero-order chi connectivity index (χ0) is 11.1. The number of rotatable bonds is 0. The van der Waals surface area contributed by atoms with Crippen molar-refractivity contribution in [1.82, 2.24) is 0 Å². The minimum absolute atomic E-state index is 0. The molecule has 0 amide bonds. The zero-order valence-electron chi connectivity index (χ0n) is 8.55. The van der Waals surface area contributed by atoms with Gasteiger partial charge in [0.15, 0.2) is 0 Å². The predicted molar refractivity (Wildman–Crippen MR) is 58.6 cm³/mol. The SMILES string of the molecule is Cl.N[C@H]1CCCc2ccc(C(F)(F)F)cc21. The lowest BCUT2D eigenvalue weighted by molar-refractivity contribution is -0.137. The van der Waals surface area contributed by atoms with E-state index in [2.05, 4.69) is 0 Å². The molecule has 0 unspecified atom stereocenters. The molecule has 0 heterocycles. The molecule has 1 aromatic carbocycles. The smallest absolute Gasteiger partial charge is 0.324 e. The molecule has 1 atom stereocenters. The lowest BCUT2D eigenvalue weighted by Gasteiger charge is -2.23. The number of benzene rings is 1. The molecule has 2 rings (SSSR count). The van der Waals surface area contributed by atoms with Gasteiger partial charge in [0, 0.05) is 6.04 Å². The number of alkyl halides is 3. The highest BCUT2D eigenvalue weighted by atomic mass is 35.5.